The maximum absolute atomic E-state index is 12.4. The molecule has 0 radical (unpaired) electrons. The number of aromatic nitrogens is 3. The van der Waals surface area contributed by atoms with Crippen LogP contribution in [-0.2, 0) is 0 Å². The number of likely N-dealkylation sites (tertiary alicyclic amines) is 1. The Labute approximate surface area is 134 Å². The van der Waals surface area contributed by atoms with Crippen molar-refractivity contribution in [1.82, 2.24) is 20.0 Å². The summed E-state index contributed by atoms with van der Waals surface area (Å²) in [6.45, 7) is 6.78. The summed E-state index contributed by atoms with van der Waals surface area (Å²) in [7, 11) is 0. The first-order chi connectivity index (χ1) is 11.0. The fourth-order valence-electron chi connectivity index (χ4n) is 2.74. The fourth-order valence-corrected chi connectivity index (χ4v) is 2.74. The number of ether oxygens (including phenoxy) is 1. The van der Waals surface area contributed by atoms with E-state index in [1.54, 1.807) is 17.9 Å². The zero-order valence-corrected chi connectivity index (χ0v) is 13.6. The molecule has 3 rings (SSSR count). The van der Waals surface area contributed by atoms with Gasteiger partial charge in [0.25, 0.3) is 5.91 Å². The number of hydrogen-bond donors (Lipinski definition) is 0. The van der Waals surface area contributed by atoms with Gasteiger partial charge in [-0.15, -0.1) is 0 Å². The van der Waals surface area contributed by atoms with Gasteiger partial charge < -0.3 is 14.2 Å². The molecule has 7 heteroatoms. The first-order valence-electron chi connectivity index (χ1n) is 7.73. The van der Waals surface area contributed by atoms with Crippen molar-refractivity contribution in [1.29, 1.82) is 0 Å². The van der Waals surface area contributed by atoms with Gasteiger partial charge in [-0.05, 0) is 39.7 Å². The molecule has 23 heavy (non-hydrogen) atoms. The van der Waals surface area contributed by atoms with Crippen molar-refractivity contribution in [2.45, 2.75) is 39.7 Å². The van der Waals surface area contributed by atoms with Crippen LogP contribution in [0, 0.1) is 20.8 Å². The Morgan fingerprint density at radius 1 is 1.26 bits per heavy atom. The molecular weight excluding hydrogens is 296 g/mol. The maximum Gasteiger partial charge on any atom is 0.317 e. The summed E-state index contributed by atoms with van der Waals surface area (Å²) < 4.78 is 10.9. The summed E-state index contributed by atoms with van der Waals surface area (Å²) in [6.07, 6.45) is 1.64. The summed E-state index contributed by atoms with van der Waals surface area (Å²) in [6, 6.07) is 3.93. The van der Waals surface area contributed by atoms with E-state index in [9.17, 15) is 4.79 Å². The van der Waals surface area contributed by atoms with Gasteiger partial charge in [-0.25, -0.2) is 9.97 Å². The minimum atomic E-state index is -0.128. The molecule has 1 amide bonds. The highest BCUT2D eigenvalue weighted by Crippen LogP contribution is 2.18. The number of carbonyl (C=O) groups excluding carboxylic acids is 1. The average Bonchev–Trinajstić information content (AvgIpc) is 2.92. The summed E-state index contributed by atoms with van der Waals surface area (Å²) in [5.74, 6) is 0.498. The van der Waals surface area contributed by atoms with Gasteiger partial charge in [0.2, 0.25) is 0 Å². The predicted octanol–water partition coefficient (Wildman–Crippen LogP) is 2.07. The highest BCUT2D eigenvalue weighted by Gasteiger charge is 2.27. The Morgan fingerprint density at radius 2 is 2.00 bits per heavy atom. The lowest BCUT2D eigenvalue weighted by atomic mass is 10.1. The molecule has 0 spiro atoms. The highest BCUT2D eigenvalue weighted by atomic mass is 16.5. The summed E-state index contributed by atoms with van der Waals surface area (Å²) in [5.41, 5.74) is 2.08. The van der Waals surface area contributed by atoms with E-state index in [-0.39, 0.29) is 12.0 Å². The fraction of sp³-hybridized carbons (Fsp3) is 0.500. The molecule has 1 fully saturated rings. The number of rotatable bonds is 3. The lowest BCUT2D eigenvalue weighted by molar-refractivity contribution is 0.0506. The van der Waals surface area contributed by atoms with E-state index in [1.807, 2.05) is 19.9 Å². The third-order valence-corrected chi connectivity index (χ3v) is 3.75. The average molecular weight is 316 g/mol. The monoisotopic (exact) mass is 316 g/mol. The van der Waals surface area contributed by atoms with Crippen LogP contribution < -0.4 is 4.74 Å². The SMILES string of the molecule is Cc1cc(C)nc(OC2CCCN(C(=O)c3cc(C)on3)C2)n1. The van der Waals surface area contributed by atoms with E-state index < -0.39 is 0 Å². The lowest BCUT2D eigenvalue weighted by Gasteiger charge is -2.31. The van der Waals surface area contributed by atoms with Crippen LogP contribution in [0.25, 0.3) is 0 Å². The van der Waals surface area contributed by atoms with Crippen molar-refractivity contribution in [3.63, 3.8) is 0 Å². The van der Waals surface area contributed by atoms with E-state index in [2.05, 4.69) is 15.1 Å². The Balaban J connectivity index is 1.67. The molecule has 3 heterocycles. The van der Waals surface area contributed by atoms with Crippen LogP contribution in [0.5, 0.6) is 6.01 Å². The second-order valence-corrected chi connectivity index (χ2v) is 5.89. The Morgan fingerprint density at radius 3 is 2.65 bits per heavy atom. The third-order valence-electron chi connectivity index (χ3n) is 3.75. The largest absolute Gasteiger partial charge is 0.458 e. The number of amides is 1. The smallest absolute Gasteiger partial charge is 0.317 e. The quantitative estimate of drug-likeness (QED) is 0.862. The molecule has 0 aliphatic carbocycles. The summed E-state index contributed by atoms with van der Waals surface area (Å²) in [4.78, 5) is 22.8. The van der Waals surface area contributed by atoms with Crippen LogP contribution in [0.1, 0.15) is 40.5 Å². The summed E-state index contributed by atoms with van der Waals surface area (Å²) in [5, 5.41) is 3.79. The molecule has 122 valence electrons. The zero-order chi connectivity index (χ0) is 16.4. The van der Waals surface area contributed by atoms with Crippen molar-refractivity contribution >= 4 is 5.91 Å². The van der Waals surface area contributed by atoms with E-state index in [0.717, 1.165) is 24.2 Å². The first-order valence-corrected chi connectivity index (χ1v) is 7.73. The molecule has 1 unspecified atom stereocenters. The van der Waals surface area contributed by atoms with E-state index in [0.29, 0.717) is 30.6 Å². The minimum absolute atomic E-state index is 0.109. The number of hydrogen-bond acceptors (Lipinski definition) is 6. The molecule has 0 N–H and O–H groups in total. The van der Waals surface area contributed by atoms with E-state index in [1.165, 1.54) is 0 Å². The standard InChI is InChI=1S/C16H20N4O3/c1-10-7-11(2)18-16(17-10)22-13-5-4-6-20(9-13)15(21)14-8-12(3)23-19-14/h7-8,13H,4-6,9H2,1-3H3. The molecular formula is C16H20N4O3. The third kappa shape index (κ3) is 3.67. The van der Waals surface area contributed by atoms with Crippen molar-refractivity contribution in [2.24, 2.45) is 0 Å². The lowest BCUT2D eigenvalue weighted by Crippen LogP contribution is -2.44. The van der Waals surface area contributed by atoms with Gasteiger partial charge in [0.15, 0.2) is 5.69 Å². The van der Waals surface area contributed by atoms with E-state index in [4.69, 9.17) is 9.26 Å². The molecule has 1 aliphatic heterocycles. The Kier molecular flexibility index (Phi) is 4.27. The molecule has 1 aliphatic rings. The summed E-state index contributed by atoms with van der Waals surface area (Å²) >= 11 is 0. The zero-order valence-electron chi connectivity index (χ0n) is 13.6. The van der Waals surface area contributed by atoms with Crippen molar-refractivity contribution < 1.29 is 14.1 Å². The van der Waals surface area contributed by atoms with Crippen molar-refractivity contribution in [3.8, 4) is 6.01 Å². The maximum atomic E-state index is 12.4. The van der Waals surface area contributed by atoms with E-state index >= 15 is 0 Å². The second kappa shape index (κ2) is 6.36. The molecule has 1 saturated heterocycles. The first kappa shape index (κ1) is 15.5. The van der Waals surface area contributed by atoms with Gasteiger partial charge in [-0.1, -0.05) is 5.16 Å². The van der Waals surface area contributed by atoms with Gasteiger partial charge in [0.05, 0.1) is 6.54 Å². The van der Waals surface area contributed by atoms with Crippen LogP contribution in [0.2, 0.25) is 0 Å². The molecule has 1 atom stereocenters. The second-order valence-electron chi connectivity index (χ2n) is 5.89. The highest BCUT2D eigenvalue weighted by molar-refractivity contribution is 5.92. The van der Waals surface area contributed by atoms with Crippen LogP contribution in [0.4, 0.5) is 0 Å². The van der Waals surface area contributed by atoms with Crippen molar-refractivity contribution in [3.05, 3.63) is 35.0 Å². The number of carbonyl (C=O) groups is 1. The molecule has 2 aromatic heterocycles. The van der Waals surface area contributed by atoms with Crippen LogP contribution in [-0.4, -0.2) is 45.1 Å². The molecule has 7 nitrogen and oxygen atoms in total. The molecule has 2 aromatic rings. The Bertz CT molecular complexity index is 693. The van der Waals surface area contributed by atoms with Crippen LogP contribution >= 0.6 is 0 Å². The van der Waals surface area contributed by atoms with Crippen LogP contribution in [0.3, 0.4) is 0 Å². The molecule has 0 saturated carbocycles. The van der Waals surface area contributed by atoms with Crippen LogP contribution in [0.15, 0.2) is 16.7 Å². The molecule has 0 aromatic carbocycles. The van der Waals surface area contributed by atoms with Gasteiger partial charge in [-0.3, -0.25) is 4.79 Å². The van der Waals surface area contributed by atoms with Crippen molar-refractivity contribution in [2.75, 3.05) is 13.1 Å². The van der Waals surface area contributed by atoms with Gasteiger partial charge >= 0.3 is 6.01 Å². The van der Waals surface area contributed by atoms with Gasteiger partial charge in [-0.2, -0.15) is 0 Å². The number of aryl methyl sites for hydroxylation is 3. The number of nitrogens with zero attached hydrogens (tertiary/aromatic N) is 4. The topological polar surface area (TPSA) is 81.4 Å². The van der Waals surface area contributed by atoms with Gasteiger partial charge in [0, 0.05) is 24.0 Å². The van der Waals surface area contributed by atoms with Gasteiger partial charge in [0.1, 0.15) is 11.9 Å². The number of piperidine rings is 1. The minimum Gasteiger partial charge on any atom is -0.458 e. The molecule has 0 bridgehead atoms. The Hall–Kier alpha value is -2.44. The predicted molar refractivity (Wildman–Crippen MR) is 82.3 cm³/mol. The normalized spacial score (nSPS) is 18.0.